The monoisotopic (exact) mass is 316 g/mol. The van der Waals surface area contributed by atoms with Crippen LogP contribution in [0.1, 0.15) is 15.9 Å². The zero-order valence-corrected chi connectivity index (χ0v) is 12.3. The van der Waals surface area contributed by atoms with Gasteiger partial charge in [-0.05, 0) is 24.3 Å². The SMILES string of the molecule is O=C(N/N=C\c1cccc2c1OCCO2)c1ccccc1Cl. The lowest BCUT2D eigenvalue weighted by molar-refractivity contribution is 0.0955. The van der Waals surface area contributed by atoms with E-state index in [2.05, 4.69) is 10.5 Å². The number of para-hydroxylation sites is 1. The molecule has 112 valence electrons. The molecule has 1 aliphatic rings. The van der Waals surface area contributed by atoms with Crippen molar-refractivity contribution in [2.75, 3.05) is 13.2 Å². The Morgan fingerprint density at radius 2 is 1.95 bits per heavy atom. The fourth-order valence-electron chi connectivity index (χ4n) is 2.06. The topological polar surface area (TPSA) is 59.9 Å². The van der Waals surface area contributed by atoms with Crippen LogP contribution < -0.4 is 14.9 Å². The molecule has 6 heteroatoms. The molecule has 0 radical (unpaired) electrons. The van der Waals surface area contributed by atoms with Gasteiger partial charge in [0.05, 0.1) is 16.8 Å². The van der Waals surface area contributed by atoms with Crippen molar-refractivity contribution in [3.8, 4) is 11.5 Å². The summed E-state index contributed by atoms with van der Waals surface area (Å²) in [5.41, 5.74) is 3.55. The van der Waals surface area contributed by atoms with Gasteiger partial charge in [-0.3, -0.25) is 4.79 Å². The predicted molar refractivity (Wildman–Crippen MR) is 83.9 cm³/mol. The van der Waals surface area contributed by atoms with Gasteiger partial charge in [-0.25, -0.2) is 5.43 Å². The van der Waals surface area contributed by atoms with Crippen LogP contribution in [0.5, 0.6) is 11.5 Å². The number of benzene rings is 2. The molecular weight excluding hydrogens is 304 g/mol. The Morgan fingerprint density at radius 3 is 2.82 bits per heavy atom. The van der Waals surface area contributed by atoms with Crippen molar-refractivity contribution in [1.82, 2.24) is 5.43 Å². The average molecular weight is 317 g/mol. The molecule has 0 saturated heterocycles. The summed E-state index contributed by atoms with van der Waals surface area (Å²) in [6.07, 6.45) is 1.52. The third-order valence-electron chi connectivity index (χ3n) is 3.08. The highest BCUT2D eigenvalue weighted by molar-refractivity contribution is 6.33. The second-order valence-electron chi connectivity index (χ2n) is 4.55. The Balaban J connectivity index is 1.73. The summed E-state index contributed by atoms with van der Waals surface area (Å²) in [6.45, 7) is 1.01. The van der Waals surface area contributed by atoms with Crippen molar-refractivity contribution in [3.63, 3.8) is 0 Å². The molecule has 0 aliphatic carbocycles. The van der Waals surface area contributed by atoms with Gasteiger partial charge in [-0.15, -0.1) is 0 Å². The number of hydrazone groups is 1. The molecule has 0 unspecified atom stereocenters. The van der Waals surface area contributed by atoms with Gasteiger partial charge in [0, 0.05) is 5.56 Å². The van der Waals surface area contributed by atoms with E-state index in [1.165, 1.54) is 6.21 Å². The summed E-state index contributed by atoms with van der Waals surface area (Å²) in [7, 11) is 0. The number of rotatable bonds is 3. The van der Waals surface area contributed by atoms with Gasteiger partial charge >= 0.3 is 0 Å². The van der Waals surface area contributed by atoms with Gasteiger partial charge in [0.1, 0.15) is 13.2 Å². The highest BCUT2D eigenvalue weighted by Crippen LogP contribution is 2.32. The van der Waals surface area contributed by atoms with Crippen LogP contribution in [0.3, 0.4) is 0 Å². The number of carbonyl (C=O) groups is 1. The first-order chi connectivity index (χ1) is 10.8. The molecule has 2 aromatic rings. The first-order valence-corrected chi connectivity index (χ1v) is 7.10. The van der Waals surface area contributed by atoms with Crippen molar-refractivity contribution >= 4 is 23.7 Å². The summed E-state index contributed by atoms with van der Waals surface area (Å²) in [5, 5.41) is 4.33. The smallest absolute Gasteiger partial charge is 0.272 e. The summed E-state index contributed by atoms with van der Waals surface area (Å²) in [5.74, 6) is 0.931. The number of carbonyl (C=O) groups excluding carboxylic acids is 1. The third-order valence-corrected chi connectivity index (χ3v) is 3.41. The summed E-state index contributed by atoms with van der Waals surface area (Å²) in [4.78, 5) is 12.0. The molecular formula is C16H13ClN2O3. The van der Waals surface area contributed by atoms with Crippen LogP contribution in [-0.4, -0.2) is 25.3 Å². The second-order valence-corrected chi connectivity index (χ2v) is 4.96. The first kappa shape index (κ1) is 14.4. The summed E-state index contributed by atoms with van der Waals surface area (Å²) >= 11 is 5.96. The van der Waals surface area contributed by atoms with Crippen molar-refractivity contribution in [1.29, 1.82) is 0 Å². The molecule has 1 heterocycles. The molecule has 0 spiro atoms. The minimum Gasteiger partial charge on any atom is -0.486 e. The van der Waals surface area contributed by atoms with E-state index >= 15 is 0 Å². The molecule has 0 atom stereocenters. The highest BCUT2D eigenvalue weighted by Gasteiger charge is 2.14. The van der Waals surface area contributed by atoms with Crippen molar-refractivity contribution in [2.45, 2.75) is 0 Å². The minimum atomic E-state index is -0.371. The molecule has 3 rings (SSSR count). The fourth-order valence-corrected chi connectivity index (χ4v) is 2.29. The lowest BCUT2D eigenvalue weighted by Gasteiger charge is -2.19. The van der Waals surface area contributed by atoms with Crippen LogP contribution in [0, 0.1) is 0 Å². The Kier molecular flexibility index (Phi) is 4.25. The Labute approximate surface area is 132 Å². The van der Waals surface area contributed by atoms with Gasteiger partial charge in [0.25, 0.3) is 5.91 Å². The van der Waals surface area contributed by atoms with E-state index in [-0.39, 0.29) is 5.91 Å². The van der Waals surface area contributed by atoms with E-state index in [1.54, 1.807) is 24.3 Å². The maximum absolute atomic E-state index is 12.0. The zero-order valence-electron chi connectivity index (χ0n) is 11.6. The number of halogens is 1. The summed E-state index contributed by atoms with van der Waals surface area (Å²) in [6, 6.07) is 12.3. The quantitative estimate of drug-likeness (QED) is 0.699. The fraction of sp³-hybridized carbons (Fsp3) is 0.125. The number of fused-ring (bicyclic) bond motifs is 1. The van der Waals surface area contributed by atoms with E-state index in [9.17, 15) is 4.79 Å². The second kappa shape index (κ2) is 6.49. The van der Waals surface area contributed by atoms with Crippen LogP contribution >= 0.6 is 11.6 Å². The lowest BCUT2D eigenvalue weighted by Crippen LogP contribution is -2.19. The zero-order chi connectivity index (χ0) is 15.4. The van der Waals surface area contributed by atoms with Crippen LogP contribution in [-0.2, 0) is 0 Å². The maximum Gasteiger partial charge on any atom is 0.272 e. The normalized spacial score (nSPS) is 13.1. The van der Waals surface area contributed by atoms with Gasteiger partial charge in [0.2, 0.25) is 0 Å². The number of hydrogen-bond acceptors (Lipinski definition) is 4. The number of amides is 1. The van der Waals surface area contributed by atoms with Crippen molar-refractivity contribution in [3.05, 3.63) is 58.6 Å². The van der Waals surface area contributed by atoms with E-state index in [0.717, 1.165) is 5.56 Å². The van der Waals surface area contributed by atoms with Gasteiger partial charge in [0.15, 0.2) is 11.5 Å². The van der Waals surface area contributed by atoms with E-state index in [1.807, 2.05) is 18.2 Å². The van der Waals surface area contributed by atoms with Crippen LogP contribution in [0.4, 0.5) is 0 Å². The molecule has 1 aliphatic heterocycles. The van der Waals surface area contributed by atoms with E-state index < -0.39 is 0 Å². The lowest BCUT2D eigenvalue weighted by atomic mass is 10.2. The Bertz CT molecular complexity index is 731. The number of ether oxygens (including phenoxy) is 2. The van der Waals surface area contributed by atoms with Gasteiger partial charge in [-0.2, -0.15) is 5.10 Å². The molecule has 5 nitrogen and oxygen atoms in total. The van der Waals surface area contributed by atoms with Crippen molar-refractivity contribution < 1.29 is 14.3 Å². The molecule has 1 amide bonds. The standard InChI is InChI=1S/C16H13ClN2O3/c17-13-6-2-1-5-12(13)16(20)19-18-10-11-4-3-7-14-15(11)22-9-8-21-14/h1-7,10H,8-9H2,(H,19,20)/b18-10-. The molecule has 22 heavy (non-hydrogen) atoms. The van der Waals surface area contributed by atoms with Gasteiger partial charge in [-0.1, -0.05) is 29.8 Å². The van der Waals surface area contributed by atoms with E-state index in [0.29, 0.717) is 35.3 Å². The largest absolute Gasteiger partial charge is 0.486 e. The van der Waals surface area contributed by atoms with Crippen molar-refractivity contribution in [2.24, 2.45) is 5.10 Å². The highest BCUT2D eigenvalue weighted by atomic mass is 35.5. The van der Waals surface area contributed by atoms with E-state index in [4.69, 9.17) is 21.1 Å². The van der Waals surface area contributed by atoms with Crippen LogP contribution in [0.25, 0.3) is 0 Å². The first-order valence-electron chi connectivity index (χ1n) is 6.72. The minimum absolute atomic E-state index is 0.371. The number of nitrogens with one attached hydrogen (secondary N) is 1. The molecule has 0 bridgehead atoms. The van der Waals surface area contributed by atoms with Crippen LogP contribution in [0.2, 0.25) is 5.02 Å². The molecule has 0 saturated carbocycles. The maximum atomic E-state index is 12.0. The number of nitrogens with zero attached hydrogens (tertiary/aromatic N) is 1. The summed E-state index contributed by atoms with van der Waals surface area (Å²) < 4.78 is 11.1. The Morgan fingerprint density at radius 1 is 1.14 bits per heavy atom. The number of hydrogen-bond donors (Lipinski definition) is 1. The van der Waals surface area contributed by atoms with Crippen LogP contribution in [0.15, 0.2) is 47.6 Å². The molecule has 0 fully saturated rings. The molecule has 1 N–H and O–H groups in total. The third kappa shape index (κ3) is 3.04. The molecule has 2 aromatic carbocycles. The Hall–Kier alpha value is -2.53. The van der Waals surface area contributed by atoms with Gasteiger partial charge < -0.3 is 9.47 Å². The average Bonchev–Trinajstić information content (AvgIpc) is 2.55. The predicted octanol–water partition coefficient (Wildman–Crippen LogP) is 2.88. The molecule has 0 aromatic heterocycles.